The molecule has 0 saturated heterocycles. The Morgan fingerprint density at radius 2 is 2.00 bits per heavy atom. The van der Waals surface area contributed by atoms with Gasteiger partial charge in [-0.1, -0.05) is 36.4 Å². The van der Waals surface area contributed by atoms with E-state index in [4.69, 9.17) is 4.84 Å². The molecule has 1 aliphatic heterocycles. The maximum atomic E-state index is 5.38. The van der Waals surface area contributed by atoms with Gasteiger partial charge in [-0.2, -0.15) is 0 Å². The highest BCUT2D eigenvalue weighted by Crippen LogP contribution is 2.35. The summed E-state index contributed by atoms with van der Waals surface area (Å²) in [4.78, 5) is 5.38. The van der Waals surface area contributed by atoms with Gasteiger partial charge >= 0.3 is 0 Å². The highest BCUT2D eigenvalue weighted by molar-refractivity contribution is 5.96. The van der Waals surface area contributed by atoms with E-state index >= 15 is 0 Å². The first-order valence-corrected chi connectivity index (χ1v) is 5.22. The molecule has 0 saturated carbocycles. The number of benzene rings is 2. The summed E-state index contributed by atoms with van der Waals surface area (Å²) in [6.07, 6.45) is 1.08. The first-order chi connectivity index (χ1) is 7.40. The Balaban J connectivity index is 2.32. The van der Waals surface area contributed by atoms with Crippen molar-refractivity contribution in [3.05, 3.63) is 42.0 Å². The van der Waals surface area contributed by atoms with Crippen molar-refractivity contribution in [3.63, 3.8) is 0 Å². The molecule has 2 aromatic carbocycles. The molecule has 1 aliphatic rings. The third kappa shape index (κ3) is 1.22. The van der Waals surface area contributed by atoms with Gasteiger partial charge in [0, 0.05) is 11.9 Å². The van der Waals surface area contributed by atoms with Crippen LogP contribution in [0.4, 0.5) is 5.69 Å². The van der Waals surface area contributed by atoms with Gasteiger partial charge in [0.2, 0.25) is 0 Å². The van der Waals surface area contributed by atoms with Gasteiger partial charge in [0.15, 0.2) is 0 Å². The van der Waals surface area contributed by atoms with Crippen LogP contribution in [0.3, 0.4) is 0 Å². The summed E-state index contributed by atoms with van der Waals surface area (Å²) in [5, 5.41) is 4.55. The molecule has 2 heteroatoms. The van der Waals surface area contributed by atoms with Crippen LogP contribution in [0.2, 0.25) is 0 Å². The van der Waals surface area contributed by atoms with Crippen LogP contribution in [0.5, 0.6) is 0 Å². The summed E-state index contributed by atoms with van der Waals surface area (Å²) in [5.74, 6) is 0. The standard InChI is InChI=1S/C13H13NO/c1-15-14-9-8-11-7-6-10-4-2-3-5-12(10)13(11)14/h2-7H,8-9H2,1H3. The van der Waals surface area contributed by atoms with Crippen molar-refractivity contribution in [2.75, 3.05) is 18.7 Å². The fourth-order valence-corrected chi connectivity index (χ4v) is 2.31. The van der Waals surface area contributed by atoms with Crippen LogP contribution < -0.4 is 5.06 Å². The monoisotopic (exact) mass is 199 g/mol. The number of hydrogen-bond donors (Lipinski definition) is 0. The summed E-state index contributed by atoms with van der Waals surface area (Å²) in [5.41, 5.74) is 2.63. The van der Waals surface area contributed by atoms with Crippen molar-refractivity contribution in [2.45, 2.75) is 6.42 Å². The number of hydrogen-bond acceptors (Lipinski definition) is 2. The maximum absolute atomic E-state index is 5.38. The van der Waals surface area contributed by atoms with Gasteiger partial charge in [-0.05, 0) is 17.4 Å². The number of anilines is 1. The molecule has 2 nitrogen and oxygen atoms in total. The quantitative estimate of drug-likeness (QED) is 0.700. The smallest absolute Gasteiger partial charge is 0.0747 e. The van der Waals surface area contributed by atoms with Crippen molar-refractivity contribution >= 4 is 16.5 Å². The van der Waals surface area contributed by atoms with Crippen LogP contribution in [0, 0.1) is 0 Å². The Bertz CT molecular complexity index is 507. The lowest BCUT2D eigenvalue weighted by Crippen LogP contribution is -2.18. The Morgan fingerprint density at radius 3 is 2.87 bits per heavy atom. The molecular weight excluding hydrogens is 186 g/mol. The Morgan fingerprint density at radius 1 is 1.13 bits per heavy atom. The van der Waals surface area contributed by atoms with Gasteiger partial charge < -0.3 is 0 Å². The van der Waals surface area contributed by atoms with Crippen molar-refractivity contribution in [1.82, 2.24) is 0 Å². The van der Waals surface area contributed by atoms with E-state index in [2.05, 4.69) is 36.4 Å². The number of hydroxylamine groups is 1. The zero-order valence-corrected chi connectivity index (χ0v) is 8.73. The van der Waals surface area contributed by atoms with Crippen LogP contribution in [0.15, 0.2) is 36.4 Å². The molecule has 76 valence electrons. The van der Waals surface area contributed by atoms with Crippen molar-refractivity contribution in [3.8, 4) is 0 Å². The topological polar surface area (TPSA) is 12.5 Å². The molecule has 0 N–H and O–H groups in total. The van der Waals surface area contributed by atoms with Gasteiger partial charge in [0.1, 0.15) is 0 Å². The molecule has 0 bridgehead atoms. The van der Waals surface area contributed by atoms with Crippen LogP contribution in [0.1, 0.15) is 5.56 Å². The summed E-state index contributed by atoms with van der Waals surface area (Å²) < 4.78 is 0. The van der Waals surface area contributed by atoms with E-state index in [0.717, 1.165) is 13.0 Å². The van der Waals surface area contributed by atoms with Crippen LogP contribution in [-0.2, 0) is 11.3 Å². The SMILES string of the molecule is CON1CCc2ccc3ccccc3c21. The molecule has 0 aliphatic carbocycles. The first kappa shape index (κ1) is 8.74. The van der Waals surface area contributed by atoms with Crippen molar-refractivity contribution in [1.29, 1.82) is 0 Å². The molecule has 0 fully saturated rings. The fraction of sp³-hybridized carbons (Fsp3) is 0.231. The molecule has 1 heterocycles. The lowest BCUT2D eigenvalue weighted by Gasteiger charge is -2.17. The Labute approximate surface area is 89.0 Å². The normalized spacial score (nSPS) is 14.6. The molecule has 0 spiro atoms. The second kappa shape index (κ2) is 3.24. The van der Waals surface area contributed by atoms with Gasteiger partial charge in [-0.3, -0.25) is 9.90 Å². The first-order valence-electron chi connectivity index (χ1n) is 5.22. The average Bonchev–Trinajstić information content (AvgIpc) is 2.72. The summed E-state index contributed by atoms with van der Waals surface area (Å²) in [6.45, 7) is 0.958. The third-order valence-electron chi connectivity index (χ3n) is 3.04. The molecular formula is C13H13NO. The fourth-order valence-electron chi connectivity index (χ4n) is 2.31. The van der Waals surface area contributed by atoms with Crippen LogP contribution >= 0.6 is 0 Å². The zero-order chi connectivity index (χ0) is 10.3. The molecule has 0 amide bonds. The summed E-state index contributed by atoms with van der Waals surface area (Å²) in [7, 11) is 1.73. The van der Waals surface area contributed by atoms with Gasteiger partial charge in [0.25, 0.3) is 0 Å². The number of nitrogens with zero attached hydrogens (tertiary/aromatic N) is 1. The van der Waals surface area contributed by atoms with E-state index < -0.39 is 0 Å². The minimum Gasteiger partial charge on any atom is -0.277 e. The maximum Gasteiger partial charge on any atom is 0.0747 e. The Kier molecular flexibility index (Phi) is 1.89. The van der Waals surface area contributed by atoms with Gasteiger partial charge in [-0.25, -0.2) is 0 Å². The van der Waals surface area contributed by atoms with Crippen molar-refractivity contribution < 1.29 is 4.84 Å². The van der Waals surface area contributed by atoms with Gasteiger partial charge in [0.05, 0.1) is 12.8 Å². The van der Waals surface area contributed by atoms with Gasteiger partial charge in [-0.15, -0.1) is 0 Å². The number of fused-ring (bicyclic) bond motifs is 3. The molecule has 0 atom stereocenters. The van der Waals surface area contributed by atoms with E-state index in [1.165, 1.54) is 22.0 Å². The second-order valence-corrected chi connectivity index (χ2v) is 3.83. The van der Waals surface area contributed by atoms with E-state index in [9.17, 15) is 0 Å². The summed E-state index contributed by atoms with van der Waals surface area (Å²) in [6, 6.07) is 12.8. The highest BCUT2D eigenvalue weighted by atomic mass is 16.7. The molecule has 0 aromatic heterocycles. The van der Waals surface area contributed by atoms with E-state index in [1.807, 2.05) is 5.06 Å². The molecule has 3 rings (SSSR count). The lowest BCUT2D eigenvalue weighted by molar-refractivity contribution is 0.174. The minimum atomic E-state index is 0.958. The molecule has 0 unspecified atom stereocenters. The molecule has 2 aromatic rings. The predicted octanol–water partition coefficient (Wildman–Crippen LogP) is 2.76. The molecule has 0 radical (unpaired) electrons. The zero-order valence-electron chi connectivity index (χ0n) is 8.73. The predicted molar refractivity (Wildman–Crippen MR) is 62.0 cm³/mol. The average molecular weight is 199 g/mol. The highest BCUT2D eigenvalue weighted by Gasteiger charge is 2.20. The minimum absolute atomic E-state index is 0.958. The third-order valence-corrected chi connectivity index (χ3v) is 3.04. The van der Waals surface area contributed by atoms with Crippen LogP contribution in [-0.4, -0.2) is 13.7 Å². The van der Waals surface area contributed by atoms with E-state index in [1.54, 1.807) is 7.11 Å². The number of rotatable bonds is 1. The summed E-state index contributed by atoms with van der Waals surface area (Å²) >= 11 is 0. The Hall–Kier alpha value is -1.54. The van der Waals surface area contributed by atoms with E-state index in [-0.39, 0.29) is 0 Å². The van der Waals surface area contributed by atoms with Crippen LogP contribution in [0.25, 0.3) is 10.8 Å². The molecule has 15 heavy (non-hydrogen) atoms. The largest absolute Gasteiger partial charge is 0.277 e. The van der Waals surface area contributed by atoms with Crippen molar-refractivity contribution in [2.24, 2.45) is 0 Å². The van der Waals surface area contributed by atoms with E-state index in [0.29, 0.717) is 0 Å². The lowest BCUT2D eigenvalue weighted by atomic mass is 10.0. The second-order valence-electron chi connectivity index (χ2n) is 3.83.